The Hall–Kier alpha value is -2.22. The predicted molar refractivity (Wildman–Crippen MR) is 108 cm³/mol. The fraction of sp³-hybridized carbons (Fsp3) is 0.619. The molecule has 1 aromatic heterocycles. The second-order valence-electron chi connectivity index (χ2n) is 7.88. The van der Waals surface area contributed by atoms with Crippen LogP contribution in [-0.4, -0.2) is 36.8 Å². The Morgan fingerprint density at radius 2 is 1.90 bits per heavy atom. The number of rotatable bonds is 8. The van der Waals surface area contributed by atoms with Crippen LogP contribution in [0.25, 0.3) is 0 Å². The topological polar surface area (TPSA) is 98.8 Å². The van der Waals surface area contributed by atoms with Crippen LogP contribution < -0.4 is 5.32 Å². The van der Waals surface area contributed by atoms with Crippen molar-refractivity contribution < 1.29 is 28.7 Å². The normalized spacial score (nSPS) is 22.4. The summed E-state index contributed by atoms with van der Waals surface area (Å²) in [5, 5.41) is 2.83. The molecule has 2 fully saturated rings. The summed E-state index contributed by atoms with van der Waals surface area (Å²) in [6.07, 6.45) is 5.11. The molecule has 29 heavy (non-hydrogen) atoms. The minimum atomic E-state index is -0.600. The van der Waals surface area contributed by atoms with Crippen LogP contribution >= 0.6 is 11.3 Å². The van der Waals surface area contributed by atoms with Crippen molar-refractivity contribution in [1.82, 2.24) is 0 Å². The van der Waals surface area contributed by atoms with Gasteiger partial charge in [-0.2, -0.15) is 0 Å². The lowest BCUT2D eigenvalue weighted by molar-refractivity contribution is -0.148. The number of nitrogens with one attached hydrogen (secondary N) is 1. The van der Waals surface area contributed by atoms with Gasteiger partial charge in [-0.05, 0) is 63.4 Å². The van der Waals surface area contributed by atoms with E-state index in [0.29, 0.717) is 28.7 Å². The number of ketones is 1. The molecule has 0 unspecified atom stereocenters. The zero-order valence-corrected chi connectivity index (χ0v) is 17.9. The molecule has 0 aliphatic heterocycles. The number of amides is 1. The number of esters is 2. The van der Waals surface area contributed by atoms with Crippen LogP contribution in [0.15, 0.2) is 0 Å². The minimum absolute atomic E-state index is 0.170. The van der Waals surface area contributed by atoms with Gasteiger partial charge in [-0.3, -0.25) is 14.4 Å². The molecule has 1 N–H and O–H groups in total. The molecule has 8 heteroatoms. The van der Waals surface area contributed by atoms with E-state index in [9.17, 15) is 19.2 Å². The lowest BCUT2D eigenvalue weighted by Gasteiger charge is -2.20. The molecule has 0 saturated heterocycles. The van der Waals surface area contributed by atoms with Crippen molar-refractivity contribution in [2.45, 2.75) is 52.9 Å². The number of hydrogen-bond acceptors (Lipinski definition) is 7. The summed E-state index contributed by atoms with van der Waals surface area (Å²) in [6.45, 7) is 4.48. The standard InChI is InChI=1S/C21H27NO6S/c1-4-27-21(26)18-11(2)19(12(3)23)29-20(18)22-16(24)10-28-17(25)9-15-8-13-5-6-14(15)7-13/h13-15H,4-10H2,1-3H3,(H,22,24)/t13-,14+,15-/m0/s1. The fourth-order valence-corrected chi connectivity index (χ4v) is 5.70. The molecule has 0 radical (unpaired) electrons. The van der Waals surface area contributed by atoms with Crippen molar-refractivity contribution >= 4 is 40.0 Å². The molecule has 2 aliphatic carbocycles. The zero-order valence-electron chi connectivity index (χ0n) is 17.0. The molecule has 3 atom stereocenters. The van der Waals surface area contributed by atoms with Crippen LogP contribution in [0, 0.1) is 24.7 Å². The molecule has 2 bridgehead atoms. The maximum Gasteiger partial charge on any atom is 0.341 e. The van der Waals surface area contributed by atoms with Gasteiger partial charge >= 0.3 is 11.9 Å². The number of ether oxygens (including phenoxy) is 2. The Kier molecular flexibility index (Phi) is 6.72. The number of carbonyl (C=O) groups is 4. The van der Waals surface area contributed by atoms with E-state index in [-0.39, 0.29) is 28.9 Å². The van der Waals surface area contributed by atoms with Gasteiger partial charge < -0.3 is 14.8 Å². The number of anilines is 1. The maximum atomic E-state index is 12.3. The Labute approximate surface area is 174 Å². The van der Waals surface area contributed by atoms with Crippen LogP contribution in [0.2, 0.25) is 0 Å². The van der Waals surface area contributed by atoms with Gasteiger partial charge in [0.15, 0.2) is 12.4 Å². The summed E-state index contributed by atoms with van der Waals surface area (Å²) < 4.78 is 10.2. The maximum absolute atomic E-state index is 12.3. The molecule has 2 aliphatic rings. The van der Waals surface area contributed by atoms with Gasteiger partial charge in [0.2, 0.25) is 0 Å². The quantitative estimate of drug-likeness (QED) is 0.507. The lowest BCUT2D eigenvalue weighted by Crippen LogP contribution is -2.23. The van der Waals surface area contributed by atoms with Crippen molar-refractivity contribution in [3.63, 3.8) is 0 Å². The van der Waals surface area contributed by atoms with Crippen molar-refractivity contribution in [1.29, 1.82) is 0 Å². The van der Waals surface area contributed by atoms with Crippen molar-refractivity contribution in [3.8, 4) is 0 Å². The molecule has 2 saturated carbocycles. The highest BCUT2D eigenvalue weighted by molar-refractivity contribution is 7.18. The molecule has 158 valence electrons. The molecule has 0 aromatic carbocycles. The molecule has 3 rings (SSSR count). The van der Waals surface area contributed by atoms with Crippen LogP contribution in [-0.2, 0) is 19.1 Å². The lowest BCUT2D eigenvalue weighted by atomic mass is 9.86. The first-order valence-corrected chi connectivity index (χ1v) is 10.9. The SMILES string of the molecule is CCOC(=O)c1c(NC(=O)COC(=O)C[C@@H]2C[C@H]3CC[C@@H]2C3)sc(C(C)=O)c1C. The highest BCUT2D eigenvalue weighted by Crippen LogP contribution is 2.49. The first kappa shape index (κ1) is 21.5. The van der Waals surface area contributed by atoms with E-state index in [4.69, 9.17) is 9.47 Å². The van der Waals surface area contributed by atoms with Gasteiger partial charge in [0.25, 0.3) is 5.91 Å². The summed E-state index contributed by atoms with van der Waals surface area (Å²) in [5.41, 5.74) is 0.647. The first-order valence-electron chi connectivity index (χ1n) is 10.1. The van der Waals surface area contributed by atoms with E-state index in [1.165, 1.54) is 26.2 Å². The highest BCUT2D eigenvalue weighted by atomic mass is 32.1. The van der Waals surface area contributed by atoms with Crippen LogP contribution in [0.3, 0.4) is 0 Å². The Balaban J connectivity index is 1.58. The second kappa shape index (κ2) is 9.07. The molecule has 1 heterocycles. The van der Waals surface area contributed by atoms with Gasteiger partial charge in [-0.15, -0.1) is 11.3 Å². The van der Waals surface area contributed by atoms with E-state index in [2.05, 4.69) is 5.32 Å². The van der Waals surface area contributed by atoms with E-state index < -0.39 is 18.5 Å². The summed E-state index contributed by atoms with van der Waals surface area (Å²) in [5.74, 6) is 0.0294. The third kappa shape index (κ3) is 4.86. The van der Waals surface area contributed by atoms with E-state index in [1.54, 1.807) is 13.8 Å². The molecule has 1 aromatic rings. The second-order valence-corrected chi connectivity index (χ2v) is 8.91. The Bertz CT molecular complexity index is 829. The van der Waals surface area contributed by atoms with Crippen molar-refractivity contribution in [2.75, 3.05) is 18.5 Å². The number of thiophene rings is 1. The Morgan fingerprint density at radius 1 is 1.14 bits per heavy atom. The monoisotopic (exact) mass is 421 g/mol. The Morgan fingerprint density at radius 3 is 2.48 bits per heavy atom. The summed E-state index contributed by atoms with van der Waals surface area (Å²) in [4.78, 5) is 48.9. The highest BCUT2D eigenvalue weighted by Gasteiger charge is 2.40. The minimum Gasteiger partial charge on any atom is -0.462 e. The molecular formula is C21H27NO6S. The number of fused-ring (bicyclic) bond motifs is 2. The van der Waals surface area contributed by atoms with Crippen molar-refractivity contribution in [3.05, 3.63) is 16.0 Å². The number of hydrogen-bond donors (Lipinski definition) is 1. The van der Waals surface area contributed by atoms with E-state index in [0.717, 1.165) is 23.7 Å². The molecule has 0 spiro atoms. The van der Waals surface area contributed by atoms with E-state index >= 15 is 0 Å². The van der Waals surface area contributed by atoms with Gasteiger partial charge in [0, 0.05) is 6.42 Å². The summed E-state index contributed by atoms with van der Waals surface area (Å²) in [6, 6.07) is 0. The summed E-state index contributed by atoms with van der Waals surface area (Å²) >= 11 is 1.02. The third-order valence-corrected chi connectivity index (χ3v) is 7.18. The molecule has 7 nitrogen and oxygen atoms in total. The zero-order chi connectivity index (χ0) is 21.1. The van der Waals surface area contributed by atoms with Crippen LogP contribution in [0.1, 0.15) is 71.5 Å². The number of Topliss-reactive ketones (excluding diaryl/α,β-unsaturated/α-hetero) is 1. The van der Waals surface area contributed by atoms with Crippen molar-refractivity contribution in [2.24, 2.45) is 17.8 Å². The number of carbonyl (C=O) groups excluding carboxylic acids is 4. The molecular weight excluding hydrogens is 394 g/mol. The smallest absolute Gasteiger partial charge is 0.341 e. The summed E-state index contributed by atoms with van der Waals surface area (Å²) in [7, 11) is 0. The molecule has 1 amide bonds. The van der Waals surface area contributed by atoms with Gasteiger partial charge in [-0.25, -0.2) is 4.79 Å². The van der Waals surface area contributed by atoms with Gasteiger partial charge in [-0.1, -0.05) is 6.42 Å². The average Bonchev–Trinajstić information content (AvgIpc) is 3.34. The van der Waals surface area contributed by atoms with Gasteiger partial charge in [0.1, 0.15) is 5.00 Å². The van der Waals surface area contributed by atoms with Crippen LogP contribution in [0.5, 0.6) is 0 Å². The van der Waals surface area contributed by atoms with Crippen LogP contribution in [0.4, 0.5) is 5.00 Å². The largest absolute Gasteiger partial charge is 0.462 e. The third-order valence-electron chi connectivity index (χ3n) is 5.88. The fourth-order valence-electron chi connectivity index (χ4n) is 4.59. The average molecular weight is 422 g/mol. The predicted octanol–water partition coefficient (Wildman–Crippen LogP) is 3.74. The van der Waals surface area contributed by atoms with E-state index in [1.807, 2.05) is 0 Å². The first-order chi connectivity index (χ1) is 13.8. The van der Waals surface area contributed by atoms with Gasteiger partial charge in [0.05, 0.1) is 17.0 Å².